The average molecular weight is 308 g/mol. The van der Waals surface area contributed by atoms with Crippen LogP contribution in [0.5, 0.6) is 0 Å². The molecule has 0 saturated heterocycles. The number of rotatable bonds is 4. The molecule has 0 aliphatic heterocycles. The Balaban J connectivity index is 2.29. The van der Waals surface area contributed by atoms with E-state index in [9.17, 15) is 13.6 Å². The van der Waals surface area contributed by atoms with Crippen LogP contribution in [0, 0.1) is 11.6 Å². The van der Waals surface area contributed by atoms with Crippen molar-refractivity contribution in [1.82, 2.24) is 0 Å². The van der Waals surface area contributed by atoms with Crippen LogP contribution in [0.1, 0.15) is 35.7 Å². The van der Waals surface area contributed by atoms with Gasteiger partial charge in [0.1, 0.15) is 11.6 Å². The molecule has 2 aromatic rings. The monoisotopic (exact) mass is 308 g/mol. The van der Waals surface area contributed by atoms with Crippen molar-refractivity contribution in [3.05, 3.63) is 59.2 Å². The second-order valence-corrected chi connectivity index (χ2v) is 5.98. The van der Waals surface area contributed by atoms with Gasteiger partial charge in [-0.2, -0.15) is 0 Å². The number of benzene rings is 2. The molecule has 2 aromatic carbocycles. The van der Waals surface area contributed by atoms with Crippen LogP contribution in [-0.2, 0) is 0 Å². The number of carboxylic acid groups (broad SMARTS) is 1. The molecule has 0 unspecified atom stereocenters. The van der Waals surface area contributed by atoms with E-state index >= 15 is 0 Å². The molecule has 2 rings (SSSR count). The van der Waals surface area contributed by atoms with Crippen LogP contribution in [0.25, 0.3) is 0 Å². The number of hydrogen-bond acceptors (Lipinski definition) is 2. The third-order valence-electron chi connectivity index (χ3n) is 3.01. The fraction of sp³-hybridized carbons (Fsp3) is 0.188. The lowest BCUT2D eigenvalue weighted by atomic mass is 10.0. The van der Waals surface area contributed by atoms with E-state index in [2.05, 4.69) is 13.8 Å². The minimum atomic E-state index is -1.36. The highest BCUT2D eigenvalue weighted by molar-refractivity contribution is 7.99. The van der Waals surface area contributed by atoms with Crippen molar-refractivity contribution < 1.29 is 18.7 Å². The highest BCUT2D eigenvalue weighted by Crippen LogP contribution is 2.33. The molecule has 5 heteroatoms. The number of carboxylic acids is 1. The average Bonchev–Trinajstić information content (AvgIpc) is 2.43. The molecule has 0 aromatic heterocycles. The molecule has 0 radical (unpaired) electrons. The zero-order valence-electron chi connectivity index (χ0n) is 11.6. The Morgan fingerprint density at radius 1 is 1.10 bits per heavy atom. The SMILES string of the molecule is CC(C)c1ccc(Sc2c(F)cc(C(=O)O)cc2F)cc1. The Labute approximate surface area is 125 Å². The maximum Gasteiger partial charge on any atom is 0.335 e. The molecule has 0 atom stereocenters. The van der Waals surface area contributed by atoms with Crippen molar-refractivity contribution >= 4 is 17.7 Å². The first-order valence-corrected chi connectivity index (χ1v) is 7.20. The van der Waals surface area contributed by atoms with Gasteiger partial charge >= 0.3 is 5.97 Å². The van der Waals surface area contributed by atoms with Gasteiger partial charge < -0.3 is 5.11 Å². The van der Waals surface area contributed by atoms with Crippen LogP contribution in [0.4, 0.5) is 8.78 Å². The van der Waals surface area contributed by atoms with Gasteiger partial charge in [0.05, 0.1) is 10.5 Å². The zero-order chi connectivity index (χ0) is 15.6. The topological polar surface area (TPSA) is 37.3 Å². The first-order chi connectivity index (χ1) is 9.88. The molecule has 110 valence electrons. The van der Waals surface area contributed by atoms with Crippen molar-refractivity contribution in [2.24, 2.45) is 0 Å². The molecule has 0 amide bonds. The van der Waals surface area contributed by atoms with E-state index < -0.39 is 23.2 Å². The normalized spacial score (nSPS) is 10.9. The molecule has 0 heterocycles. The maximum absolute atomic E-state index is 13.8. The van der Waals surface area contributed by atoms with E-state index in [0.717, 1.165) is 29.5 Å². The van der Waals surface area contributed by atoms with Crippen molar-refractivity contribution in [3.8, 4) is 0 Å². The van der Waals surface area contributed by atoms with Crippen LogP contribution < -0.4 is 0 Å². The van der Waals surface area contributed by atoms with E-state index in [1.165, 1.54) is 0 Å². The molecule has 2 nitrogen and oxygen atoms in total. The van der Waals surface area contributed by atoms with Gasteiger partial charge in [-0.05, 0) is 35.7 Å². The smallest absolute Gasteiger partial charge is 0.335 e. The van der Waals surface area contributed by atoms with Gasteiger partial charge in [0.15, 0.2) is 0 Å². The van der Waals surface area contributed by atoms with Gasteiger partial charge in [0.25, 0.3) is 0 Å². The highest BCUT2D eigenvalue weighted by Gasteiger charge is 2.15. The summed E-state index contributed by atoms with van der Waals surface area (Å²) in [5.74, 6) is -2.71. The molecule has 0 saturated carbocycles. The molecule has 21 heavy (non-hydrogen) atoms. The van der Waals surface area contributed by atoms with Gasteiger partial charge in [-0.3, -0.25) is 0 Å². The second kappa shape index (κ2) is 6.26. The van der Waals surface area contributed by atoms with Gasteiger partial charge in [0, 0.05) is 4.90 Å². The van der Waals surface area contributed by atoms with Crippen molar-refractivity contribution in [1.29, 1.82) is 0 Å². The molecule has 0 aliphatic rings. The third kappa shape index (κ3) is 3.61. The number of hydrogen-bond donors (Lipinski definition) is 1. The summed E-state index contributed by atoms with van der Waals surface area (Å²) in [5.41, 5.74) is 0.742. The van der Waals surface area contributed by atoms with E-state index in [1.807, 2.05) is 12.1 Å². The minimum Gasteiger partial charge on any atom is -0.478 e. The lowest BCUT2D eigenvalue weighted by molar-refractivity contribution is 0.0695. The van der Waals surface area contributed by atoms with E-state index in [4.69, 9.17) is 5.11 Å². The van der Waals surface area contributed by atoms with Crippen LogP contribution in [0.3, 0.4) is 0 Å². The molecule has 0 bridgehead atoms. The van der Waals surface area contributed by atoms with Crippen molar-refractivity contribution in [3.63, 3.8) is 0 Å². The summed E-state index contributed by atoms with van der Waals surface area (Å²) in [4.78, 5) is 11.2. The third-order valence-corrected chi connectivity index (χ3v) is 4.11. The van der Waals surface area contributed by atoms with Gasteiger partial charge in [-0.15, -0.1) is 0 Å². The summed E-state index contributed by atoms with van der Waals surface area (Å²) in [6.07, 6.45) is 0. The van der Waals surface area contributed by atoms with Crippen LogP contribution in [0.15, 0.2) is 46.2 Å². The molecular weight excluding hydrogens is 294 g/mol. The predicted molar refractivity (Wildman–Crippen MR) is 78.0 cm³/mol. The summed E-state index contributed by atoms with van der Waals surface area (Å²) in [7, 11) is 0. The first kappa shape index (κ1) is 15.5. The Kier molecular flexibility index (Phi) is 4.63. The van der Waals surface area contributed by atoms with Gasteiger partial charge in [-0.25, -0.2) is 13.6 Å². The summed E-state index contributed by atoms with van der Waals surface area (Å²) in [5, 5.41) is 8.76. The van der Waals surface area contributed by atoms with Gasteiger partial charge in [0.2, 0.25) is 0 Å². The molecule has 0 aliphatic carbocycles. The summed E-state index contributed by atoms with van der Waals surface area (Å²) < 4.78 is 27.7. The number of aromatic carboxylic acids is 1. The van der Waals surface area contributed by atoms with Crippen LogP contribution in [-0.4, -0.2) is 11.1 Å². The molecule has 0 spiro atoms. The fourth-order valence-electron chi connectivity index (χ4n) is 1.82. The lowest BCUT2D eigenvalue weighted by Crippen LogP contribution is -2.00. The van der Waals surface area contributed by atoms with Crippen LogP contribution in [0.2, 0.25) is 0 Å². The Bertz CT molecular complexity index is 643. The van der Waals surface area contributed by atoms with Gasteiger partial charge in [-0.1, -0.05) is 37.7 Å². The molecule has 1 N–H and O–H groups in total. The molecular formula is C16H14F2O2S. The zero-order valence-corrected chi connectivity index (χ0v) is 12.4. The van der Waals surface area contributed by atoms with Crippen molar-refractivity contribution in [2.45, 2.75) is 29.6 Å². The molecule has 0 fully saturated rings. The Hall–Kier alpha value is -1.88. The second-order valence-electron chi connectivity index (χ2n) is 4.90. The summed E-state index contributed by atoms with van der Waals surface area (Å²) >= 11 is 0.939. The number of halogens is 2. The largest absolute Gasteiger partial charge is 0.478 e. The fourth-order valence-corrected chi connectivity index (χ4v) is 2.64. The van der Waals surface area contributed by atoms with Crippen molar-refractivity contribution in [2.75, 3.05) is 0 Å². The number of carbonyl (C=O) groups is 1. The standard InChI is InChI=1S/C16H14F2O2S/c1-9(2)10-3-5-12(6-4-10)21-15-13(17)7-11(16(19)20)8-14(15)18/h3-9H,1-2H3,(H,19,20). The Morgan fingerprint density at radius 3 is 2.05 bits per heavy atom. The van der Waals surface area contributed by atoms with Crippen LogP contribution >= 0.6 is 11.8 Å². The maximum atomic E-state index is 13.8. The quantitative estimate of drug-likeness (QED) is 0.869. The highest BCUT2D eigenvalue weighted by atomic mass is 32.2. The Morgan fingerprint density at radius 2 is 1.62 bits per heavy atom. The van der Waals surface area contributed by atoms with E-state index in [0.29, 0.717) is 10.8 Å². The predicted octanol–water partition coefficient (Wildman–Crippen LogP) is 4.94. The summed E-state index contributed by atoms with van der Waals surface area (Å²) in [6, 6.07) is 9.07. The van der Waals surface area contributed by atoms with E-state index in [1.54, 1.807) is 12.1 Å². The summed E-state index contributed by atoms with van der Waals surface area (Å²) in [6.45, 7) is 4.12. The lowest BCUT2D eigenvalue weighted by Gasteiger charge is -2.08. The van der Waals surface area contributed by atoms with E-state index in [-0.39, 0.29) is 4.90 Å². The minimum absolute atomic E-state index is 0.197. The first-order valence-electron chi connectivity index (χ1n) is 6.38.